The van der Waals surface area contributed by atoms with Crippen LogP contribution >= 0.6 is 12.2 Å². The molecule has 3 aromatic carbocycles. The van der Waals surface area contributed by atoms with Gasteiger partial charge in [0.1, 0.15) is 5.82 Å². The van der Waals surface area contributed by atoms with Crippen molar-refractivity contribution in [1.82, 2.24) is 0 Å². The molecule has 0 aliphatic carbocycles. The van der Waals surface area contributed by atoms with Crippen LogP contribution in [0.4, 0.5) is 15.8 Å². The second-order valence-corrected chi connectivity index (χ2v) is 9.16. The van der Waals surface area contributed by atoms with Gasteiger partial charge in [0.2, 0.25) is 10.0 Å². The van der Waals surface area contributed by atoms with Crippen molar-refractivity contribution in [1.29, 1.82) is 0 Å². The summed E-state index contributed by atoms with van der Waals surface area (Å²) in [4.78, 5) is 14.7. The van der Waals surface area contributed by atoms with E-state index in [9.17, 15) is 17.6 Å². The fraction of sp³-hybridized carbons (Fsp3) is 0.0455. The Kier molecular flexibility index (Phi) is 5.93. The lowest BCUT2D eigenvalue weighted by atomic mass is 10.1. The van der Waals surface area contributed by atoms with Gasteiger partial charge in [-0.15, -0.1) is 0 Å². The van der Waals surface area contributed by atoms with E-state index >= 15 is 0 Å². The Balaban J connectivity index is 1.77. The van der Waals surface area contributed by atoms with Crippen molar-refractivity contribution < 1.29 is 17.6 Å². The third kappa shape index (κ3) is 4.60. The number of thiocarbonyl (C=S) groups is 1. The normalized spacial score (nSPS) is 14.4. The number of fused-ring (bicyclic) bond motifs is 1. The highest BCUT2D eigenvalue weighted by molar-refractivity contribution is 7.89. The summed E-state index contributed by atoms with van der Waals surface area (Å²) in [6.45, 7) is 0.257. The van der Waals surface area contributed by atoms with Crippen molar-refractivity contribution in [3.8, 4) is 0 Å². The van der Waals surface area contributed by atoms with E-state index in [1.165, 1.54) is 47.4 Å². The Hall–Kier alpha value is -3.67. The molecule has 0 bridgehead atoms. The van der Waals surface area contributed by atoms with Crippen LogP contribution in [-0.4, -0.2) is 25.1 Å². The summed E-state index contributed by atoms with van der Waals surface area (Å²) in [7, 11) is -3.90. The summed E-state index contributed by atoms with van der Waals surface area (Å²) in [5.74, 6) is -0.989. The van der Waals surface area contributed by atoms with E-state index in [-0.39, 0.29) is 22.3 Å². The highest BCUT2D eigenvalue weighted by Gasteiger charge is 2.35. The molecule has 1 aliphatic rings. The molecule has 1 aliphatic heterocycles. The van der Waals surface area contributed by atoms with Gasteiger partial charge in [-0.1, -0.05) is 30.3 Å². The van der Waals surface area contributed by atoms with Crippen molar-refractivity contribution in [2.45, 2.75) is 11.4 Å². The molecule has 168 valence electrons. The molecule has 0 saturated heterocycles. The fourth-order valence-corrected chi connectivity index (χ4v) is 4.08. The lowest BCUT2D eigenvalue weighted by Crippen LogP contribution is -2.35. The number of anilines is 2. The first kappa shape index (κ1) is 22.5. The number of hydrazone groups is 1. The van der Waals surface area contributed by atoms with Gasteiger partial charge in [-0.05, 0) is 60.2 Å². The number of carbonyl (C=O) groups is 1. The van der Waals surface area contributed by atoms with Crippen molar-refractivity contribution in [2.24, 2.45) is 16.0 Å². The topological polar surface area (TPSA) is 122 Å². The Morgan fingerprint density at radius 3 is 2.33 bits per heavy atom. The van der Waals surface area contributed by atoms with Gasteiger partial charge in [0.25, 0.3) is 5.91 Å². The molecule has 0 radical (unpaired) electrons. The number of primary sulfonamides is 1. The first-order chi connectivity index (χ1) is 15.6. The van der Waals surface area contributed by atoms with E-state index in [2.05, 4.69) is 5.10 Å². The zero-order chi connectivity index (χ0) is 23.8. The van der Waals surface area contributed by atoms with Gasteiger partial charge in [-0.3, -0.25) is 4.79 Å². The molecular weight excluding hydrogens is 465 g/mol. The Labute approximate surface area is 195 Å². The Morgan fingerprint density at radius 1 is 1.06 bits per heavy atom. The molecule has 0 spiro atoms. The molecule has 33 heavy (non-hydrogen) atoms. The summed E-state index contributed by atoms with van der Waals surface area (Å²) in [5, 5.41) is 10.4. The zero-order valence-corrected chi connectivity index (χ0v) is 18.7. The fourth-order valence-electron chi connectivity index (χ4n) is 3.42. The molecule has 11 heteroatoms. The summed E-state index contributed by atoms with van der Waals surface area (Å²) in [6, 6.07) is 18.7. The van der Waals surface area contributed by atoms with Gasteiger partial charge < -0.3 is 10.6 Å². The molecule has 4 N–H and O–H groups in total. The third-order valence-electron chi connectivity index (χ3n) is 4.95. The molecule has 0 unspecified atom stereocenters. The van der Waals surface area contributed by atoms with Crippen molar-refractivity contribution in [2.75, 3.05) is 9.91 Å². The minimum atomic E-state index is -3.90. The summed E-state index contributed by atoms with van der Waals surface area (Å²) in [6.07, 6.45) is 0. The van der Waals surface area contributed by atoms with E-state index in [1.54, 1.807) is 0 Å². The van der Waals surface area contributed by atoms with E-state index in [0.29, 0.717) is 16.9 Å². The van der Waals surface area contributed by atoms with Crippen LogP contribution in [0.2, 0.25) is 0 Å². The Morgan fingerprint density at radius 2 is 1.73 bits per heavy atom. The minimum Gasteiger partial charge on any atom is -0.374 e. The van der Waals surface area contributed by atoms with Crippen LogP contribution in [0, 0.1) is 5.82 Å². The monoisotopic (exact) mass is 483 g/mol. The van der Waals surface area contributed by atoms with Crippen LogP contribution in [-0.2, 0) is 21.4 Å². The maximum atomic E-state index is 14.1. The molecule has 3 aromatic rings. The number of nitrogens with two attached hydrogens (primary N) is 2. The lowest BCUT2D eigenvalue weighted by molar-refractivity contribution is -0.112. The smallest absolute Gasteiger partial charge is 0.279 e. The third-order valence-corrected chi connectivity index (χ3v) is 6.06. The van der Waals surface area contributed by atoms with Crippen LogP contribution in [0.3, 0.4) is 0 Å². The van der Waals surface area contributed by atoms with Gasteiger partial charge in [-0.2, -0.15) is 5.10 Å². The van der Waals surface area contributed by atoms with Crippen LogP contribution in [0.15, 0.2) is 82.8 Å². The molecular formula is C22H18FN5O3S2. The second kappa shape index (κ2) is 8.70. The average Bonchev–Trinajstić information content (AvgIpc) is 3.02. The maximum absolute atomic E-state index is 14.1. The van der Waals surface area contributed by atoms with Crippen LogP contribution < -0.4 is 20.8 Å². The number of benzene rings is 3. The minimum absolute atomic E-state index is 0.0521. The molecule has 4 rings (SSSR count). The summed E-state index contributed by atoms with van der Waals surface area (Å²) in [5.41, 5.74) is 7.75. The zero-order valence-electron chi connectivity index (χ0n) is 17.1. The van der Waals surface area contributed by atoms with Gasteiger partial charge in [-0.25, -0.2) is 23.0 Å². The van der Waals surface area contributed by atoms with E-state index in [0.717, 1.165) is 10.6 Å². The highest BCUT2D eigenvalue weighted by Crippen LogP contribution is 2.32. The number of nitrogens with zero attached hydrogens (tertiary/aromatic N) is 3. The number of halogens is 1. The standard InChI is InChI=1S/C22H18FN5O3S2/c23-15-6-11-19-18(12-15)20(21(29)27(19)13-14-4-2-1-3-5-14)26-28(22(24)32)16-7-9-17(10-8-16)33(25,30)31/h1-12H,13H2,(H2,24,32)(H2,25,30,31)/b26-20-. The summed E-state index contributed by atoms with van der Waals surface area (Å²) >= 11 is 5.09. The molecule has 1 heterocycles. The predicted molar refractivity (Wildman–Crippen MR) is 128 cm³/mol. The average molecular weight is 484 g/mol. The quantitative estimate of drug-likeness (QED) is 0.425. The molecule has 0 atom stereocenters. The molecule has 1 amide bonds. The number of hydrogen-bond acceptors (Lipinski definition) is 5. The van der Waals surface area contributed by atoms with E-state index in [1.807, 2.05) is 30.3 Å². The molecule has 8 nitrogen and oxygen atoms in total. The van der Waals surface area contributed by atoms with Gasteiger partial charge in [0, 0.05) is 5.56 Å². The summed E-state index contributed by atoms with van der Waals surface area (Å²) < 4.78 is 37.1. The van der Waals surface area contributed by atoms with Crippen LogP contribution in [0.25, 0.3) is 0 Å². The van der Waals surface area contributed by atoms with E-state index < -0.39 is 21.7 Å². The maximum Gasteiger partial charge on any atom is 0.279 e. The van der Waals surface area contributed by atoms with Gasteiger partial charge in [0.05, 0.1) is 22.8 Å². The number of sulfonamides is 1. The second-order valence-electron chi connectivity index (χ2n) is 7.18. The largest absolute Gasteiger partial charge is 0.374 e. The molecule has 0 aromatic heterocycles. The number of hydrogen-bond donors (Lipinski definition) is 2. The van der Waals surface area contributed by atoms with E-state index in [4.69, 9.17) is 23.1 Å². The predicted octanol–water partition coefficient (Wildman–Crippen LogP) is 2.47. The highest BCUT2D eigenvalue weighted by atomic mass is 32.2. The molecule has 0 saturated carbocycles. The molecule has 0 fully saturated rings. The van der Waals surface area contributed by atoms with Crippen molar-refractivity contribution >= 4 is 50.3 Å². The van der Waals surface area contributed by atoms with Gasteiger partial charge >= 0.3 is 0 Å². The van der Waals surface area contributed by atoms with Gasteiger partial charge in [0.15, 0.2) is 10.8 Å². The number of amides is 1. The Bertz CT molecular complexity index is 1380. The number of carbonyl (C=O) groups excluding carboxylic acids is 1. The van der Waals surface area contributed by atoms with Crippen molar-refractivity contribution in [3.05, 3.63) is 89.7 Å². The van der Waals surface area contributed by atoms with Crippen molar-refractivity contribution in [3.63, 3.8) is 0 Å². The number of rotatable bonds is 5. The van der Waals surface area contributed by atoms with Crippen LogP contribution in [0.1, 0.15) is 11.1 Å². The SMILES string of the molecule is NC(=S)N(/N=C1\C(=O)N(Cc2ccccc2)c2ccc(F)cc21)c1ccc(S(N)(=O)=O)cc1. The van der Waals surface area contributed by atoms with Crippen LogP contribution in [0.5, 0.6) is 0 Å². The first-order valence-corrected chi connectivity index (χ1v) is 11.6. The first-order valence-electron chi connectivity index (χ1n) is 9.62. The lowest BCUT2D eigenvalue weighted by Gasteiger charge is -2.19.